The van der Waals surface area contributed by atoms with Crippen molar-refractivity contribution >= 4 is 22.3 Å². The van der Waals surface area contributed by atoms with Crippen LogP contribution in [0, 0.1) is 11.7 Å². The monoisotopic (exact) mass is 480 g/mol. The van der Waals surface area contributed by atoms with Crippen LogP contribution in [0.3, 0.4) is 0 Å². The van der Waals surface area contributed by atoms with Gasteiger partial charge in [0.2, 0.25) is 0 Å². The molecule has 4 nitrogen and oxygen atoms in total. The Labute approximate surface area is 196 Å². The Kier molecular flexibility index (Phi) is 11.2. The number of alkyl halides is 3. The van der Waals surface area contributed by atoms with E-state index in [2.05, 4.69) is 0 Å². The number of phenolic OH excluding ortho intramolecular Hbond substituents is 1. The molecule has 0 aliphatic rings. The van der Waals surface area contributed by atoms with E-state index in [0.29, 0.717) is 17.9 Å². The number of halogens is 4. The number of carbonyl (C=O) groups excluding carboxylic acids is 2. The fourth-order valence-corrected chi connectivity index (χ4v) is 2.71. The molecule has 0 spiro atoms. The van der Waals surface area contributed by atoms with Gasteiger partial charge in [0.1, 0.15) is 29.7 Å². The highest BCUT2D eigenvalue weighted by Gasteiger charge is 2.17. The van der Waals surface area contributed by atoms with Crippen LogP contribution < -0.4 is 4.74 Å². The van der Waals surface area contributed by atoms with Crippen molar-refractivity contribution < 1.29 is 37.0 Å². The average Bonchev–Trinajstić information content (AvgIpc) is 2.80. The first-order valence-electron chi connectivity index (χ1n) is 10.4. The van der Waals surface area contributed by atoms with Crippen LogP contribution >= 0.6 is 0 Å². The maximum absolute atomic E-state index is 14.0. The molecule has 3 aromatic carbocycles. The van der Waals surface area contributed by atoms with Gasteiger partial charge in [-0.15, -0.1) is 0 Å². The number of phenols is 1. The van der Waals surface area contributed by atoms with Crippen LogP contribution in [0.1, 0.15) is 55.6 Å². The van der Waals surface area contributed by atoms with Gasteiger partial charge < -0.3 is 9.84 Å². The van der Waals surface area contributed by atoms with E-state index in [0.717, 1.165) is 12.1 Å². The van der Waals surface area contributed by atoms with Crippen LogP contribution in [0.2, 0.25) is 0 Å². The topological polar surface area (TPSA) is 63.6 Å². The van der Waals surface area contributed by atoms with E-state index in [1.165, 1.54) is 19.1 Å². The van der Waals surface area contributed by atoms with Gasteiger partial charge in [-0.2, -0.15) is 0 Å². The van der Waals surface area contributed by atoms with E-state index in [-0.39, 0.29) is 46.7 Å². The van der Waals surface area contributed by atoms with Crippen molar-refractivity contribution in [3.63, 3.8) is 0 Å². The van der Waals surface area contributed by atoms with Crippen molar-refractivity contribution in [2.24, 2.45) is 5.92 Å². The highest BCUT2D eigenvalue weighted by molar-refractivity contribution is 6.05. The molecule has 1 N–H and O–H groups in total. The van der Waals surface area contributed by atoms with Crippen molar-refractivity contribution in [2.75, 3.05) is 7.18 Å². The summed E-state index contributed by atoms with van der Waals surface area (Å²) in [5, 5.41) is 11.1. The highest BCUT2D eigenvalue weighted by Crippen LogP contribution is 2.37. The van der Waals surface area contributed by atoms with Gasteiger partial charge in [0, 0.05) is 27.8 Å². The maximum atomic E-state index is 14.0. The first-order valence-corrected chi connectivity index (χ1v) is 10.4. The lowest BCUT2D eigenvalue weighted by atomic mass is 10.0. The van der Waals surface area contributed by atoms with Gasteiger partial charge in [0.15, 0.2) is 5.78 Å². The van der Waals surface area contributed by atoms with Crippen LogP contribution in [0.25, 0.3) is 10.8 Å². The van der Waals surface area contributed by atoms with Crippen molar-refractivity contribution in [3.05, 3.63) is 71.0 Å². The maximum Gasteiger partial charge on any atom is 0.263 e. The molecule has 3 aromatic rings. The first-order chi connectivity index (χ1) is 16.0. The number of hydrogen-bond acceptors (Lipinski definition) is 4. The van der Waals surface area contributed by atoms with E-state index in [1.54, 1.807) is 31.2 Å². The lowest BCUT2D eigenvalue weighted by Gasteiger charge is -2.15. The second-order valence-corrected chi connectivity index (χ2v) is 7.58. The molecule has 0 radical (unpaired) electrons. The van der Waals surface area contributed by atoms with Gasteiger partial charge in [0.05, 0.1) is 12.7 Å². The lowest BCUT2D eigenvalue weighted by molar-refractivity contribution is -0.119. The molecule has 3 rings (SSSR count). The molecular formula is C26H28F4O4. The molecule has 0 aromatic heterocycles. The Hall–Kier alpha value is -3.42. The molecule has 0 atom stereocenters. The van der Waals surface area contributed by atoms with Gasteiger partial charge in [-0.25, -0.2) is 13.2 Å². The fraction of sp³-hybridized carbons (Fsp3) is 0.308. The summed E-state index contributed by atoms with van der Waals surface area (Å²) >= 11 is 0. The molecule has 0 unspecified atom stereocenters. The predicted octanol–water partition coefficient (Wildman–Crippen LogP) is 7.22. The van der Waals surface area contributed by atoms with Crippen LogP contribution in [0.5, 0.6) is 11.5 Å². The first kappa shape index (κ1) is 28.6. The smallest absolute Gasteiger partial charge is 0.263 e. The molecule has 184 valence electrons. The quantitative estimate of drug-likeness (QED) is 0.299. The van der Waals surface area contributed by atoms with E-state index in [1.807, 2.05) is 13.8 Å². The molecule has 0 amide bonds. The standard InChI is InChI=1S/C20H15F3O3.C5H10O.CH3F/c1-11(24)16-9-18(25)14-4-2-3-5-15(14)19(16)26-10-13-7-6-12(20(22)23)8-17(13)21;1-4(2)5(3)6;1-2/h2-9,20,25H,10H2,1H3;4H,1-3H3;1H3. The van der Waals surface area contributed by atoms with Crippen molar-refractivity contribution in [2.45, 2.75) is 40.7 Å². The largest absolute Gasteiger partial charge is 0.507 e. The zero-order valence-electron chi connectivity index (χ0n) is 19.7. The van der Waals surface area contributed by atoms with E-state index >= 15 is 0 Å². The summed E-state index contributed by atoms with van der Waals surface area (Å²) in [6.07, 6.45) is -2.76. The predicted molar refractivity (Wildman–Crippen MR) is 124 cm³/mol. The fourth-order valence-electron chi connectivity index (χ4n) is 2.71. The van der Waals surface area contributed by atoms with Gasteiger partial charge in [0.25, 0.3) is 6.43 Å². The Morgan fingerprint density at radius 3 is 2.00 bits per heavy atom. The molecule has 0 saturated heterocycles. The molecule has 0 saturated carbocycles. The van der Waals surface area contributed by atoms with Crippen LogP contribution in [-0.2, 0) is 11.4 Å². The van der Waals surface area contributed by atoms with Crippen molar-refractivity contribution in [1.82, 2.24) is 0 Å². The Morgan fingerprint density at radius 1 is 0.971 bits per heavy atom. The number of fused-ring (bicyclic) bond motifs is 1. The zero-order chi connectivity index (χ0) is 26.0. The summed E-state index contributed by atoms with van der Waals surface area (Å²) in [7, 11) is 0.500. The summed E-state index contributed by atoms with van der Waals surface area (Å²) in [6, 6.07) is 11.2. The van der Waals surface area contributed by atoms with Gasteiger partial charge in [-0.1, -0.05) is 50.2 Å². The third kappa shape index (κ3) is 7.57. The summed E-state index contributed by atoms with van der Waals surface area (Å²) < 4.78 is 54.5. The van der Waals surface area contributed by atoms with Gasteiger partial charge in [-0.3, -0.25) is 14.0 Å². The van der Waals surface area contributed by atoms with Crippen molar-refractivity contribution in [1.29, 1.82) is 0 Å². The Balaban J connectivity index is 0.000000631. The second-order valence-electron chi connectivity index (χ2n) is 7.58. The zero-order valence-corrected chi connectivity index (χ0v) is 19.7. The number of benzene rings is 3. The number of Topliss-reactive ketones (excluding diaryl/α,β-unsaturated/α-hetero) is 2. The molecule has 8 heteroatoms. The Bertz CT molecular complexity index is 1130. The molecule has 0 aliphatic carbocycles. The summed E-state index contributed by atoms with van der Waals surface area (Å²) in [6.45, 7) is 6.47. The number of ether oxygens (including phenoxy) is 1. The van der Waals surface area contributed by atoms with E-state index in [4.69, 9.17) is 4.74 Å². The minimum Gasteiger partial charge on any atom is -0.507 e. The molecule has 0 bridgehead atoms. The van der Waals surface area contributed by atoms with Gasteiger partial charge in [-0.05, 0) is 26.0 Å². The summed E-state index contributed by atoms with van der Waals surface area (Å²) in [5.41, 5.74) is -0.169. The third-order valence-electron chi connectivity index (χ3n) is 4.87. The normalized spacial score (nSPS) is 10.3. The summed E-state index contributed by atoms with van der Waals surface area (Å²) in [4.78, 5) is 22.1. The number of aromatic hydroxyl groups is 1. The van der Waals surface area contributed by atoms with Crippen LogP contribution in [-0.4, -0.2) is 23.9 Å². The number of carbonyl (C=O) groups is 2. The van der Waals surface area contributed by atoms with Crippen LogP contribution in [0.4, 0.5) is 17.6 Å². The number of ketones is 2. The highest BCUT2D eigenvalue weighted by atomic mass is 19.3. The third-order valence-corrected chi connectivity index (χ3v) is 4.87. The molecular weight excluding hydrogens is 452 g/mol. The van der Waals surface area contributed by atoms with E-state index < -0.39 is 17.8 Å². The minimum absolute atomic E-state index is 0.0642. The SMILES string of the molecule is CC(=O)C(C)C.CC(=O)c1cc(O)c2ccccc2c1OCc1ccc(C(F)F)cc1F.CF. The van der Waals surface area contributed by atoms with E-state index in [9.17, 15) is 32.3 Å². The molecule has 0 fully saturated rings. The van der Waals surface area contributed by atoms with Crippen molar-refractivity contribution in [3.8, 4) is 11.5 Å². The van der Waals surface area contributed by atoms with Gasteiger partial charge >= 0.3 is 0 Å². The average molecular weight is 480 g/mol. The number of rotatable bonds is 6. The van der Waals surface area contributed by atoms with Crippen LogP contribution in [0.15, 0.2) is 48.5 Å². The molecule has 34 heavy (non-hydrogen) atoms. The summed E-state index contributed by atoms with van der Waals surface area (Å²) in [5.74, 6) is -0.515. The molecule has 0 aliphatic heterocycles. The second kappa shape index (κ2) is 13.3. The molecule has 0 heterocycles. The minimum atomic E-state index is -2.76. The number of hydrogen-bond donors (Lipinski definition) is 1. The Morgan fingerprint density at radius 2 is 1.53 bits per heavy atom. The lowest BCUT2D eigenvalue weighted by Crippen LogP contribution is -2.04.